The quantitative estimate of drug-likeness (QED) is 0.790. The van der Waals surface area contributed by atoms with E-state index in [1.165, 1.54) is 0 Å². The van der Waals surface area contributed by atoms with E-state index in [0.717, 1.165) is 50.4 Å². The lowest BCUT2D eigenvalue weighted by Gasteiger charge is -2.22. The Balaban J connectivity index is 1.29. The van der Waals surface area contributed by atoms with Gasteiger partial charge in [-0.05, 0) is 62.8 Å². The third kappa shape index (κ3) is 4.60. The highest BCUT2D eigenvalue weighted by Gasteiger charge is 2.32. The van der Waals surface area contributed by atoms with E-state index in [1.807, 2.05) is 31.2 Å². The summed E-state index contributed by atoms with van der Waals surface area (Å²) in [5, 5.41) is 9.66. The molecule has 2 aromatic rings. The summed E-state index contributed by atoms with van der Waals surface area (Å²) >= 11 is 0. The Morgan fingerprint density at radius 2 is 1.89 bits per heavy atom. The maximum absolute atomic E-state index is 12.3. The zero-order chi connectivity index (χ0) is 18.6. The highest BCUT2D eigenvalue weighted by molar-refractivity contribution is 6.00. The predicted molar refractivity (Wildman–Crippen MR) is 101 cm³/mol. The number of benzene rings is 1. The van der Waals surface area contributed by atoms with E-state index in [1.54, 1.807) is 0 Å². The van der Waals surface area contributed by atoms with Gasteiger partial charge in [-0.3, -0.25) is 0 Å². The second-order valence-electron chi connectivity index (χ2n) is 7.25. The first-order valence-electron chi connectivity index (χ1n) is 9.54. The Hall–Kier alpha value is -2.54. The number of urea groups is 1. The minimum Gasteiger partial charge on any atom is -0.493 e. The first kappa shape index (κ1) is 17.9. The second kappa shape index (κ2) is 8.00. The van der Waals surface area contributed by atoms with Crippen molar-refractivity contribution >= 4 is 17.4 Å². The van der Waals surface area contributed by atoms with Crippen LogP contribution >= 0.6 is 0 Å². The lowest BCUT2D eigenvalue weighted by atomic mass is 10.0. The molecule has 4 rings (SSSR count). The number of amides is 2. The van der Waals surface area contributed by atoms with Crippen LogP contribution in [0.3, 0.4) is 0 Å². The number of hydrogen-bond donors (Lipinski definition) is 2. The van der Waals surface area contributed by atoms with Crippen LogP contribution in [0.2, 0.25) is 0 Å². The zero-order valence-electron chi connectivity index (χ0n) is 15.5. The fourth-order valence-corrected chi connectivity index (χ4v) is 3.20. The highest BCUT2D eigenvalue weighted by atomic mass is 16.5. The summed E-state index contributed by atoms with van der Waals surface area (Å²) in [5.74, 6) is 2.52. The second-order valence-corrected chi connectivity index (χ2v) is 7.25. The van der Waals surface area contributed by atoms with Crippen molar-refractivity contribution in [2.24, 2.45) is 5.92 Å². The third-order valence-electron chi connectivity index (χ3n) is 5.01. The van der Waals surface area contributed by atoms with Gasteiger partial charge < -0.3 is 24.6 Å². The summed E-state index contributed by atoms with van der Waals surface area (Å²) in [7, 11) is 0. The van der Waals surface area contributed by atoms with E-state index in [4.69, 9.17) is 14.0 Å². The number of rotatable bonds is 6. The first-order chi connectivity index (χ1) is 13.2. The molecule has 2 heterocycles. The van der Waals surface area contributed by atoms with Crippen LogP contribution in [0.15, 0.2) is 28.8 Å². The number of nitrogens with zero attached hydrogens (tertiary/aromatic N) is 1. The van der Waals surface area contributed by atoms with Crippen LogP contribution in [0.1, 0.15) is 43.1 Å². The average molecular weight is 371 g/mol. The molecule has 1 saturated carbocycles. The number of aromatic nitrogens is 1. The van der Waals surface area contributed by atoms with Crippen LogP contribution in [-0.2, 0) is 4.74 Å². The van der Waals surface area contributed by atoms with Gasteiger partial charge in [0, 0.05) is 24.8 Å². The minimum absolute atomic E-state index is 0.306. The normalized spacial score (nSPS) is 17.5. The molecule has 0 spiro atoms. The van der Waals surface area contributed by atoms with Crippen molar-refractivity contribution in [1.82, 2.24) is 5.16 Å². The van der Waals surface area contributed by atoms with Gasteiger partial charge in [-0.15, -0.1) is 0 Å². The van der Waals surface area contributed by atoms with Crippen molar-refractivity contribution in [3.63, 3.8) is 0 Å². The topological polar surface area (TPSA) is 85.6 Å². The number of hydrogen-bond acceptors (Lipinski definition) is 5. The number of carbonyl (C=O) groups excluding carboxylic acids is 1. The summed E-state index contributed by atoms with van der Waals surface area (Å²) in [6, 6.07) is 7.10. The van der Waals surface area contributed by atoms with Crippen molar-refractivity contribution in [3.05, 3.63) is 35.7 Å². The average Bonchev–Trinajstić information content (AvgIpc) is 3.47. The van der Waals surface area contributed by atoms with Gasteiger partial charge in [0.25, 0.3) is 0 Å². The summed E-state index contributed by atoms with van der Waals surface area (Å²) < 4.78 is 16.6. The smallest absolute Gasteiger partial charge is 0.323 e. The summed E-state index contributed by atoms with van der Waals surface area (Å²) in [5.41, 5.74) is 2.09. The maximum atomic E-state index is 12.3. The molecular formula is C20H25N3O4. The number of anilines is 2. The van der Waals surface area contributed by atoms with Gasteiger partial charge >= 0.3 is 6.03 Å². The van der Waals surface area contributed by atoms with Gasteiger partial charge in [-0.1, -0.05) is 5.16 Å². The van der Waals surface area contributed by atoms with Crippen LogP contribution in [0.5, 0.6) is 5.75 Å². The molecule has 1 aliphatic carbocycles. The molecule has 0 atom stereocenters. The van der Waals surface area contributed by atoms with Crippen LogP contribution in [0.25, 0.3) is 0 Å². The molecular weight excluding hydrogens is 346 g/mol. The molecule has 0 unspecified atom stereocenters. The largest absolute Gasteiger partial charge is 0.493 e. The summed E-state index contributed by atoms with van der Waals surface area (Å²) in [4.78, 5) is 12.3. The van der Waals surface area contributed by atoms with E-state index in [-0.39, 0.29) is 6.03 Å². The molecule has 1 aromatic carbocycles. The number of aryl methyl sites for hydroxylation is 1. The summed E-state index contributed by atoms with van der Waals surface area (Å²) in [6.45, 7) is 4.17. The standard InChI is InChI=1S/C20H25N3O4/c1-13-18(19(27-23-13)15-2-3-15)22-20(24)21-16-4-6-17(7-5-16)26-12-14-8-10-25-11-9-14/h4-7,14-15H,2-3,8-12H2,1H3,(H2,21,22,24). The predicted octanol–water partition coefficient (Wildman–Crippen LogP) is 4.31. The van der Waals surface area contributed by atoms with Gasteiger partial charge in [0.2, 0.25) is 0 Å². The van der Waals surface area contributed by atoms with E-state index < -0.39 is 0 Å². The van der Waals surface area contributed by atoms with Crippen molar-refractivity contribution in [1.29, 1.82) is 0 Å². The Bertz CT molecular complexity index is 777. The van der Waals surface area contributed by atoms with Gasteiger partial charge in [0.05, 0.1) is 6.61 Å². The highest BCUT2D eigenvalue weighted by Crippen LogP contribution is 2.44. The molecule has 1 aliphatic heterocycles. The van der Waals surface area contributed by atoms with Gasteiger partial charge in [-0.2, -0.15) is 0 Å². The van der Waals surface area contributed by atoms with E-state index in [9.17, 15) is 4.79 Å². The fraction of sp³-hybridized carbons (Fsp3) is 0.500. The Morgan fingerprint density at radius 1 is 1.15 bits per heavy atom. The first-order valence-corrected chi connectivity index (χ1v) is 9.54. The molecule has 2 fully saturated rings. The van der Waals surface area contributed by atoms with Crippen LogP contribution in [0, 0.1) is 12.8 Å². The lowest BCUT2D eigenvalue weighted by Crippen LogP contribution is -2.21. The molecule has 144 valence electrons. The minimum atomic E-state index is -0.306. The Kier molecular flexibility index (Phi) is 5.29. The Labute approximate surface area is 158 Å². The lowest BCUT2D eigenvalue weighted by molar-refractivity contribution is 0.0497. The number of carbonyl (C=O) groups is 1. The molecule has 7 heteroatoms. The fourth-order valence-electron chi connectivity index (χ4n) is 3.20. The van der Waals surface area contributed by atoms with Crippen molar-refractivity contribution in [2.45, 2.75) is 38.5 Å². The van der Waals surface area contributed by atoms with E-state index in [0.29, 0.717) is 35.5 Å². The van der Waals surface area contributed by atoms with Crippen LogP contribution in [-0.4, -0.2) is 31.0 Å². The molecule has 27 heavy (non-hydrogen) atoms. The monoisotopic (exact) mass is 371 g/mol. The molecule has 1 saturated heterocycles. The SMILES string of the molecule is Cc1noc(C2CC2)c1NC(=O)Nc1ccc(OCC2CCOCC2)cc1. The van der Waals surface area contributed by atoms with Gasteiger partial charge in [0.15, 0.2) is 5.76 Å². The maximum Gasteiger partial charge on any atom is 0.323 e. The molecule has 2 amide bonds. The molecule has 0 bridgehead atoms. The summed E-state index contributed by atoms with van der Waals surface area (Å²) in [6.07, 6.45) is 4.26. The Morgan fingerprint density at radius 3 is 2.59 bits per heavy atom. The zero-order valence-corrected chi connectivity index (χ0v) is 15.5. The van der Waals surface area contributed by atoms with Crippen molar-refractivity contribution in [3.8, 4) is 5.75 Å². The van der Waals surface area contributed by atoms with E-state index in [2.05, 4.69) is 15.8 Å². The molecule has 7 nitrogen and oxygen atoms in total. The molecule has 0 radical (unpaired) electrons. The molecule has 2 N–H and O–H groups in total. The van der Waals surface area contributed by atoms with Crippen LogP contribution in [0.4, 0.5) is 16.2 Å². The molecule has 1 aromatic heterocycles. The van der Waals surface area contributed by atoms with Gasteiger partial charge in [-0.25, -0.2) is 4.79 Å². The van der Waals surface area contributed by atoms with Crippen molar-refractivity contribution in [2.75, 3.05) is 30.5 Å². The third-order valence-corrected chi connectivity index (χ3v) is 5.01. The van der Waals surface area contributed by atoms with Crippen LogP contribution < -0.4 is 15.4 Å². The number of nitrogens with one attached hydrogen (secondary N) is 2. The van der Waals surface area contributed by atoms with Gasteiger partial charge in [0.1, 0.15) is 17.1 Å². The number of ether oxygens (including phenoxy) is 2. The van der Waals surface area contributed by atoms with Crippen molar-refractivity contribution < 1.29 is 18.8 Å². The van der Waals surface area contributed by atoms with E-state index >= 15 is 0 Å². The molecule has 2 aliphatic rings.